The fraction of sp³-hybridized carbons (Fsp3) is 0.500. The molecule has 0 atom stereocenters. The number of benzene rings is 2. The number of likely N-dealkylation sites (tertiary alicyclic amines) is 1. The number of hydrogen-bond acceptors (Lipinski definition) is 5. The molecule has 182 valence electrons. The molecular formula is C28H36N2O4. The average Bonchev–Trinajstić information content (AvgIpc) is 3.61. The van der Waals surface area contributed by atoms with E-state index in [-0.39, 0.29) is 12.5 Å². The molecule has 2 aromatic carbocycles. The third-order valence-electron chi connectivity index (χ3n) is 7.20. The highest BCUT2D eigenvalue weighted by molar-refractivity contribution is 6.00. The van der Waals surface area contributed by atoms with E-state index < -0.39 is 0 Å². The Morgan fingerprint density at radius 3 is 2.38 bits per heavy atom. The highest BCUT2D eigenvalue weighted by Crippen LogP contribution is 2.53. The van der Waals surface area contributed by atoms with Crippen molar-refractivity contribution >= 4 is 11.6 Å². The molecule has 1 aliphatic carbocycles. The number of amides is 1. The van der Waals surface area contributed by atoms with E-state index in [0.29, 0.717) is 30.8 Å². The lowest BCUT2D eigenvalue weighted by molar-refractivity contribution is -0.134. The monoisotopic (exact) mass is 464 g/mol. The molecule has 1 heterocycles. The van der Waals surface area contributed by atoms with Crippen molar-refractivity contribution in [2.24, 2.45) is 10.6 Å². The van der Waals surface area contributed by atoms with Crippen LogP contribution in [0.1, 0.15) is 54.4 Å². The van der Waals surface area contributed by atoms with E-state index in [2.05, 4.69) is 37.2 Å². The molecule has 0 unspecified atom stereocenters. The van der Waals surface area contributed by atoms with Gasteiger partial charge in [0.15, 0.2) is 6.61 Å². The largest absolute Gasteiger partial charge is 0.484 e. The fourth-order valence-electron chi connectivity index (χ4n) is 4.41. The van der Waals surface area contributed by atoms with Crippen molar-refractivity contribution in [3.05, 3.63) is 64.7 Å². The predicted molar refractivity (Wildman–Crippen MR) is 133 cm³/mol. The van der Waals surface area contributed by atoms with Crippen molar-refractivity contribution in [1.29, 1.82) is 0 Å². The summed E-state index contributed by atoms with van der Waals surface area (Å²) in [5, 5.41) is 4.40. The first-order valence-electron chi connectivity index (χ1n) is 12.2. The maximum Gasteiger partial charge on any atom is 0.260 e. The molecule has 2 aromatic rings. The van der Waals surface area contributed by atoms with Crippen LogP contribution in [-0.4, -0.2) is 49.9 Å². The molecule has 2 fully saturated rings. The van der Waals surface area contributed by atoms with Crippen molar-refractivity contribution in [1.82, 2.24) is 4.90 Å². The molecule has 0 N–H and O–H groups in total. The van der Waals surface area contributed by atoms with Crippen LogP contribution in [0, 0.1) is 19.3 Å². The van der Waals surface area contributed by atoms with Crippen LogP contribution >= 0.6 is 0 Å². The fourth-order valence-corrected chi connectivity index (χ4v) is 4.41. The van der Waals surface area contributed by atoms with Gasteiger partial charge in [0, 0.05) is 26.6 Å². The Hall–Kier alpha value is -2.86. The maximum atomic E-state index is 12.5. The van der Waals surface area contributed by atoms with E-state index in [1.54, 1.807) is 7.11 Å². The molecule has 1 amide bonds. The Balaban J connectivity index is 1.30. The minimum absolute atomic E-state index is 0.0710. The number of nitrogens with zero attached hydrogens (tertiary/aromatic N) is 2. The number of rotatable bonds is 10. The second kappa shape index (κ2) is 11.0. The van der Waals surface area contributed by atoms with Crippen LogP contribution in [0.25, 0.3) is 0 Å². The zero-order chi connectivity index (χ0) is 24.0. The lowest BCUT2D eigenvalue weighted by Crippen LogP contribution is -2.41. The SMILES string of the molecule is COCC/C(=N\OCc1ccc(C)c(C)c1)c1ccc(OCC(=O)N2CCC3(CC2)CC3)cc1. The third-order valence-corrected chi connectivity index (χ3v) is 7.20. The molecule has 4 rings (SSSR count). The van der Waals surface area contributed by atoms with Gasteiger partial charge in [0.05, 0.1) is 12.3 Å². The molecule has 1 aliphatic heterocycles. The van der Waals surface area contributed by atoms with Crippen LogP contribution in [0.2, 0.25) is 0 Å². The summed E-state index contributed by atoms with van der Waals surface area (Å²) in [5.74, 6) is 0.747. The van der Waals surface area contributed by atoms with Gasteiger partial charge in [-0.05, 0) is 91.5 Å². The second-order valence-corrected chi connectivity index (χ2v) is 9.67. The molecule has 6 nitrogen and oxygen atoms in total. The first-order chi connectivity index (χ1) is 16.5. The van der Waals surface area contributed by atoms with Gasteiger partial charge in [0.25, 0.3) is 5.91 Å². The van der Waals surface area contributed by atoms with Gasteiger partial charge >= 0.3 is 0 Å². The molecule has 0 aromatic heterocycles. The van der Waals surface area contributed by atoms with Gasteiger partial charge in [-0.15, -0.1) is 0 Å². The number of methoxy groups -OCH3 is 1. The number of carbonyl (C=O) groups excluding carboxylic acids is 1. The number of carbonyl (C=O) groups is 1. The van der Waals surface area contributed by atoms with Gasteiger partial charge in [-0.2, -0.15) is 0 Å². The van der Waals surface area contributed by atoms with Crippen molar-refractivity contribution in [3.8, 4) is 5.75 Å². The molecule has 0 radical (unpaired) electrons. The second-order valence-electron chi connectivity index (χ2n) is 9.67. The number of ether oxygens (including phenoxy) is 2. The lowest BCUT2D eigenvalue weighted by atomic mass is 9.94. The molecule has 1 saturated heterocycles. The zero-order valence-electron chi connectivity index (χ0n) is 20.6. The minimum atomic E-state index is 0.0710. The summed E-state index contributed by atoms with van der Waals surface area (Å²) in [5.41, 5.74) is 5.92. The van der Waals surface area contributed by atoms with Crippen molar-refractivity contribution in [2.75, 3.05) is 33.4 Å². The summed E-state index contributed by atoms with van der Waals surface area (Å²) in [6.07, 6.45) is 5.60. The van der Waals surface area contributed by atoms with E-state index in [1.165, 1.54) is 24.0 Å². The molecule has 0 bridgehead atoms. The van der Waals surface area contributed by atoms with Crippen molar-refractivity contribution in [3.63, 3.8) is 0 Å². The smallest absolute Gasteiger partial charge is 0.260 e. The van der Waals surface area contributed by atoms with Gasteiger partial charge in [-0.25, -0.2) is 0 Å². The van der Waals surface area contributed by atoms with Crippen LogP contribution < -0.4 is 4.74 Å². The van der Waals surface area contributed by atoms with E-state index in [1.807, 2.05) is 29.2 Å². The van der Waals surface area contributed by atoms with Crippen LogP contribution in [0.4, 0.5) is 0 Å². The summed E-state index contributed by atoms with van der Waals surface area (Å²) >= 11 is 0. The van der Waals surface area contributed by atoms with E-state index >= 15 is 0 Å². The molecule has 6 heteroatoms. The normalized spacial score (nSPS) is 17.0. The van der Waals surface area contributed by atoms with Gasteiger partial charge in [0.1, 0.15) is 12.4 Å². The standard InChI is InChI=1S/C28H36N2O4/c1-21-4-5-23(18-22(21)2)19-34-29-26(10-17-32-3)24-6-8-25(9-7-24)33-20-27(31)30-15-13-28(11-12-28)14-16-30/h4-9,18H,10-17,19-20H2,1-3H3/b29-26+. The Labute approximate surface area is 202 Å². The Morgan fingerprint density at radius 1 is 1.00 bits per heavy atom. The van der Waals surface area contributed by atoms with Crippen LogP contribution in [0.5, 0.6) is 5.75 Å². The molecule has 2 aliphatic rings. The number of hydrogen-bond donors (Lipinski definition) is 0. The molecule has 1 spiro atoms. The maximum absolute atomic E-state index is 12.5. The minimum Gasteiger partial charge on any atom is -0.484 e. The topological polar surface area (TPSA) is 60.4 Å². The Morgan fingerprint density at radius 2 is 1.74 bits per heavy atom. The quantitative estimate of drug-likeness (QED) is 0.365. The molecule has 34 heavy (non-hydrogen) atoms. The van der Waals surface area contributed by atoms with Crippen molar-refractivity contribution < 1.29 is 19.1 Å². The predicted octanol–water partition coefficient (Wildman–Crippen LogP) is 5.04. The van der Waals surface area contributed by atoms with Crippen LogP contribution in [0.15, 0.2) is 47.6 Å². The van der Waals surface area contributed by atoms with Crippen LogP contribution in [0.3, 0.4) is 0 Å². The summed E-state index contributed by atoms with van der Waals surface area (Å²) in [6, 6.07) is 13.9. The van der Waals surface area contributed by atoms with Gasteiger partial charge in [-0.3, -0.25) is 4.79 Å². The first-order valence-corrected chi connectivity index (χ1v) is 12.2. The first kappa shape index (κ1) is 24.3. The summed E-state index contributed by atoms with van der Waals surface area (Å²) in [7, 11) is 1.67. The number of oxime groups is 1. The number of piperidine rings is 1. The highest BCUT2D eigenvalue weighted by atomic mass is 16.6. The summed E-state index contributed by atoms with van der Waals surface area (Å²) in [6.45, 7) is 6.97. The zero-order valence-corrected chi connectivity index (χ0v) is 20.6. The summed E-state index contributed by atoms with van der Waals surface area (Å²) in [4.78, 5) is 20.1. The lowest BCUT2D eigenvalue weighted by Gasteiger charge is -2.32. The average molecular weight is 465 g/mol. The Bertz CT molecular complexity index is 1000. The van der Waals surface area contributed by atoms with Gasteiger partial charge in [-0.1, -0.05) is 23.4 Å². The van der Waals surface area contributed by atoms with E-state index in [4.69, 9.17) is 14.3 Å². The molecular weight excluding hydrogens is 428 g/mol. The summed E-state index contributed by atoms with van der Waals surface area (Å²) < 4.78 is 11.0. The molecule has 1 saturated carbocycles. The third kappa shape index (κ3) is 6.38. The van der Waals surface area contributed by atoms with Crippen LogP contribution in [-0.2, 0) is 21.0 Å². The Kier molecular flexibility index (Phi) is 7.88. The van der Waals surface area contributed by atoms with Gasteiger partial charge < -0.3 is 19.2 Å². The van der Waals surface area contributed by atoms with E-state index in [9.17, 15) is 4.79 Å². The number of aryl methyl sites for hydroxylation is 2. The van der Waals surface area contributed by atoms with E-state index in [0.717, 1.165) is 42.8 Å². The van der Waals surface area contributed by atoms with Crippen molar-refractivity contribution in [2.45, 2.75) is 52.6 Å². The van der Waals surface area contributed by atoms with Gasteiger partial charge in [0.2, 0.25) is 0 Å². The highest BCUT2D eigenvalue weighted by Gasteiger charge is 2.45.